The Balaban J connectivity index is 4.26. The van der Waals surface area contributed by atoms with Gasteiger partial charge in [-0.05, 0) is 49.7 Å². The fourth-order valence-corrected chi connectivity index (χ4v) is 1.68. The third kappa shape index (κ3) is 6.89. The van der Waals surface area contributed by atoms with E-state index in [2.05, 4.69) is 0 Å². The average Bonchev–Trinajstić information content (AvgIpc) is 2.25. The number of rotatable bonds is 7. The number of allylic oxidation sites excluding steroid dienone is 2. The minimum absolute atomic E-state index is 0.127. The molecule has 0 fully saturated rings. The van der Waals surface area contributed by atoms with Crippen molar-refractivity contribution in [2.75, 3.05) is 0 Å². The first-order valence-electron chi connectivity index (χ1n) is 6.03. The van der Waals surface area contributed by atoms with Crippen molar-refractivity contribution in [3.8, 4) is 0 Å². The molecule has 0 aliphatic rings. The normalized spacial score (nSPS) is 16.2. The second kappa shape index (κ2) is 7.69. The minimum Gasteiger partial charge on any atom is -0.545 e. The molecule has 0 bridgehead atoms. The van der Waals surface area contributed by atoms with Gasteiger partial charge < -0.3 is 19.8 Å². The zero-order chi connectivity index (χ0) is 14.3. The molecule has 0 saturated carbocycles. The van der Waals surface area contributed by atoms with Crippen LogP contribution in [0.15, 0.2) is 23.3 Å². The summed E-state index contributed by atoms with van der Waals surface area (Å²) in [6.45, 7) is 6.87. The van der Waals surface area contributed by atoms with E-state index in [-0.39, 0.29) is 23.0 Å². The van der Waals surface area contributed by atoms with Gasteiger partial charge in [0.15, 0.2) is 0 Å². The van der Waals surface area contributed by atoms with Gasteiger partial charge in [-0.3, -0.25) is 0 Å². The third-order valence-electron chi connectivity index (χ3n) is 2.79. The smallest absolute Gasteiger partial charge is 0.0668 e. The molecular weight excluding hydrogens is 232 g/mol. The van der Waals surface area contributed by atoms with Crippen LogP contribution in [0, 0.1) is 11.8 Å². The quantitative estimate of drug-likeness (QED) is 0.615. The van der Waals surface area contributed by atoms with Crippen LogP contribution in [0.1, 0.15) is 40.5 Å². The maximum atomic E-state index is 10.5. The number of hydrogen-bond acceptors (Lipinski definition) is 4. The predicted octanol–water partition coefficient (Wildman–Crippen LogP) is 0.431. The molecule has 102 valence electrons. The van der Waals surface area contributed by atoms with Crippen LogP contribution >= 0.6 is 0 Å². The highest BCUT2D eigenvalue weighted by molar-refractivity contribution is 5.84. The largest absolute Gasteiger partial charge is 0.545 e. The van der Waals surface area contributed by atoms with Crippen molar-refractivity contribution in [1.29, 1.82) is 0 Å². The van der Waals surface area contributed by atoms with Crippen molar-refractivity contribution in [1.82, 2.24) is 0 Å². The summed E-state index contributed by atoms with van der Waals surface area (Å²) in [4.78, 5) is 21.1. The Kier molecular flexibility index (Phi) is 7.01. The second-order valence-corrected chi connectivity index (χ2v) is 4.81. The predicted molar refractivity (Wildman–Crippen MR) is 65.1 cm³/mol. The molecular formula is C14H20O4-2. The summed E-state index contributed by atoms with van der Waals surface area (Å²) >= 11 is 0. The minimum atomic E-state index is -1.15. The first-order valence-corrected chi connectivity index (χ1v) is 6.03. The van der Waals surface area contributed by atoms with Crippen LogP contribution < -0.4 is 10.2 Å². The van der Waals surface area contributed by atoms with E-state index in [1.807, 2.05) is 13.8 Å². The van der Waals surface area contributed by atoms with Gasteiger partial charge >= 0.3 is 0 Å². The van der Waals surface area contributed by atoms with Crippen molar-refractivity contribution in [3.63, 3.8) is 0 Å². The lowest BCUT2D eigenvalue weighted by molar-refractivity contribution is -0.300. The topological polar surface area (TPSA) is 80.3 Å². The fourth-order valence-electron chi connectivity index (χ4n) is 1.68. The first kappa shape index (κ1) is 16.4. The van der Waals surface area contributed by atoms with Crippen LogP contribution in [0.4, 0.5) is 0 Å². The monoisotopic (exact) mass is 252 g/mol. The van der Waals surface area contributed by atoms with Gasteiger partial charge in [0, 0.05) is 0 Å². The molecule has 0 spiro atoms. The number of carboxylic acid groups (broad SMARTS) is 2. The maximum absolute atomic E-state index is 10.5. The number of carbonyl (C=O) groups excluding carboxylic acids is 2. The molecule has 2 atom stereocenters. The maximum Gasteiger partial charge on any atom is 0.0668 e. The van der Waals surface area contributed by atoms with E-state index < -0.39 is 11.9 Å². The van der Waals surface area contributed by atoms with Crippen LogP contribution in [0.5, 0.6) is 0 Å². The molecule has 0 aromatic rings. The summed E-state index contributed by atoms with van der Waals surface area (Å²) in [5.41, 5.74) is 0.466. The fraction of sp³-hybridized carbons (Fsp3) is 0.571. The molecule has 2 unspecified atom stereocenters. The summed E-state index contributed by atoms with van der Waals surface area (Å²) in [7, 11) is 0. The van der Waals surface area contributed by atoms with Crippen molar-refractivity contribution >= 4 is 11.9 Å². The van der Waals surface area contributed by atoms with Gasteiger partial charge in [-0.25, -0.2) is 0 Å². The lowest BCUT2D eigenvalue weighted by atomic mass is 9.95. The molecule has 0 aromatic heterocycles. The number of carboxylic acids is 2. The van der Waals surface area contributed by atoms with Gasteiger partial charge in [0.1, 0.15) is 0 Å². The van der Waals surface area contributed by atoms with Crippen LogP contribution in [0.25, 0.3) is 0 Å². The molecule has 4 heteroatoms. The number of hydrogen-bond donors (Lipinski definition) is 0. The van der Waals surface area contributed by atoms with Gasteiger partial charge in [0.2, 0.25) is 0 Å². The Morgan fingerprint density at radius 3 is 1.39 bits per heavy atom. The highest BCUT2D eigenvalue weighted by atomic mass is 16.4. The lowest BCUT2D eigenvalue weighted by Crippen LogP contribution is -2.23. The van der Waals surface area contributed by atoms with Crippen LogP contribution in [0.3, 0.4) is 0 Å². The van der Waals surface area contributed by atoms with Crippen LogP contribution in [-0.2, 0) is 9.59 Å². The summed E-state index contributed by atoms with van der Waals surface area (Å²) in [5, 5.41) is 21.1. The summed E-state index contributed by atoms with van der Waals surface area (Å²) < 4.78 is 0. The van der Waals surface area contributed by atoms with Gasteiger partial charge in [0.05, 0.1) is 11.9 Å². The molecule has 0 amide bonds. The second-order valence-electron chi connectivity index (χ2n) is 4.81. The zero-order valence-electron chi connectivity index (χ0n) is 11.4. The third-order valence-corrected chi connectivity index (χ3v) is 2.79. The van der Waals surface area contributed by atoms with Crippen LogP contribution in [0.2, 0.25) is 0 Å². The molecule has 0 aliphatic carbocycles. The molecule has 0 aliphatic heterocycles. The van der Waals surface area contributed by atoms with E-state index >= 15 is 0 Å². The Morgan fingerprint density at radius 2 is 1.17 bits per heavy atom. The van der Waals surface area contributed by atoms with Gasteiger partial charge in [0.25, 0.3) is 0 Å². The Bertz CT molecular complexity index is 330. The molecule has 18 heavy (non-hydrogen) atoms. The van der Waals surface area contributed by atoms with Gasteiger partial charge in [-0.2, -0.15) is 0 Å². The first-order chi connectivity index (χ1) is 8.23. The number of aliphatic carboxylic acids is 2. The molecule has 0 N–H and O–H groups in total. The van der Waals surface area contributed by atoms with E-state index in [9.17, 15) is 19.8 Å². The van der Waals surface area contributed by atoms with Gasteiger partial charge in [-0.1, -0.05) is 26.0 Å². The SMILES string of the molecule is C/C(=C\C(C)CCC(C)/C=C(\C)C(=O)[O-])C(=O)[O-]. The van der Waals surface area contributed by atoms with Crippen LogP contribution in [-0.4, -0.2) is 11.9 Å². The Labute approximate surface area is 108 Å². The molecule has 0 saturated heterocycles. The molecule has 0 radical (unpaired) electrons. The van der Waals surface area contributed by atoms with E-state index in [0.717, 1.165) is 12.8 Å². The molecule has 4 nitrogen and oxygen atoms in total. The summed E-state index contributed by atoms with van der Waals surface area (Å²) in [6, 6.07) is 0. The highest BCUT2D eigenvalue weighted by Crippen LogP contribution is 2.16. The average molecular weight is 252 g/mol. The molecule has 0 aromatic carbocycles. The molecule has 0 heterocycles. The standard InChI is InChI=1S/C14H22O4/c1-9(7-11(3)13(15)16)5-6-10(2)8-12(4)14(17)18/h7-10H,5-6H2,1-4H3,(H,15,16)(H,17,18)/p-2/b11-7+,12-8+. The van der Waals surface area contributed by atoms with E-state index in [0.29, 0.717) is 0 Å². The molecule has 0 rings (SSSR count). The van der Waals surface area contributed by atoms with Crippen molar-refractivity contribution in [2.45, 2.75) is 40.5 Å². The number of carbonyl (C=O) groups is 2. The zero-order valence-corrected chi connectivity index (χ0v) is 11.4. The van der Waals surface area contributed by atoms with Gasteiger partial charge in [-0.15, -0.1) is 0 Å². The van der Waals surface area contributed by atoms with Crippen molar-refractivity contribution in [3.05, 3.63) is 23.3 Å². The van der Waals surface area contributed by atoms with E-state index in [1.54, 1.807) is 12.2 Å². The van der Waals surface area contributed by atoms with E-state index in [4.69, 9.17) is 0 Å². The lowest BCUT2D eigenvalue weighted by Gasteiger charge is -2.13. The Morgan fingerprint density at radius 1 is 0.889 bits per heavy atom. The summed E-state index contributed by atoms with van der Waals surface area (Å²) in [6.07, 6.45) is 4.92. The van der Waals surface area contributed by atoms with Crippen molar-refractivity contribution < 1.29 is 19.8 Å². The highest BCUT2D eigenvalue weighted by Gasteiger charge is 2.04. The summed E-state index contributed by atoms with van der Waals surface area (Å²) in [5.74, 6) is -2.05. The Hall–Kier alpha value is -1.58. The van der Waals surface area contributed by atoms with E-state index in [1.165, 1.54) is 13.8 Å². The van der Waals surface area contributed by atoms with Crippen molar-refractivity contribution in [2.24, 2.45) is 11.8 Å².